The van der Waals surface area contributed by atoms with E-state index in [9.17, 15) is 4.79 Å². The number of amides is 1. The van der Waals surface area contributed by atoms with E-state index in [-0.39, 0.29) is 5.91 Å². The molecular weight excluding hydrogens is 294 g/mol. The first kappa shape index (κ1) is 13.6. The Morgan fingerprint density at radius 3 is 3.06 bits per heavy atom. The van der Waals surface area contributed by atoms with Crippen LogP contribution in [0.3, 0.4) is 0 Å². The number of likely N-dealkylation sites (tertiary alicyclic amines) is 1. The van der Waals surface area contributed by atoms with Gasteiger partial charge in [0.25, 0.3) is 5.91 Å². The van der Waals surface area contributed by atoms with Gasteiger partial charge in [-0.1, -0.05) is 0 Å². The van der Waals surface area contributed by atoms with Crippen LogP contribution in [-0.4, -0.2) is 42.1 Å². The molecule has 1 saturated heterocycles. The summed E-state index contributed by atoms with van der Waals surface area (Å²) in [5, 5.41) is 3.18. The quantitative estimate of drug-likeness (QED) is 0.922. The minimum Gasteiger partial charge on any atom is -0.343 e. The summed E-state index contributed by atoms with van der Waals surface area (Å²) < 4.78 is 2.97. The van der Waals surface area contributed by atoms with Gasteiger partial charge in [0.2, 0.25) is 0 Å². The van der Waals surface area contributed by atoms with Gasteiger partial charge in [-0.05, 0) is 54.9 Å². The van der Waals surface area contributed by atoms with Gasteiger partial charge in [-0.25, -0.2) is 0 Å². The summed E-state index contributed by atoms with van der Waals surface area (Å²) >= 11 is 3.44. The van der Waals surface area contributed by atoms with Crippen LogP contribution in [0.25, 0.3) is 0 Å². The fraction of sp³-hybridized carbons (Fsp3) is 0.615. The monoisotopic (exact) mass is 313 g/mol. The Morgan fingerprint density at radius 2 is 2.39 bits per heavy atom. The van der Waals surface area contributed by atoms with Crippen LogP contribution in [0.1, 0.15) is 23.8 Å². The highest BCUT2D eigenvalue weighted by molar-refractivity contribution is 9.10. The van der Waals surface area contributed by atoms with Crippen LogP contribution in [0.4, 0.5) is 0 Å². The van der Waals surface area contributed by atoms with E-state index in [2.05, 4.69) is 28.2 Å². The average molecular weight is 314 g/mol. The first-order chi connectivity index (χ1) is 8.65. The molecule has 0 spiro atoms. The minimum atomic E-state index is 0.154. The third-order valence-electron chi connectivity index (χ3n) is 3.49. The highest BCUT2D eigenvalue weighted by Gasteiger charge is 2.27. The van der Waals surface area contributed by atoms with Gasteiger partial charge in [-0.2, -0.15) is 0 Å². The fourth-order valence-corrected chi connectivity index (χ4v) is 3.01. The van der Waals surface area contributed by atoms with Crippen LogP contribution in [0, 0.1) is 5.92 Å². The lowest BCUT2D eigenvalue weighted by Gasteiger charge is -2.17. The van der Waals surface area contributed by atoms with Crippen LogP contribution >= 0.6 is 15.9 Å². The van der Waals surface area contributed by atoms with Crippen molar-refractivity contribution in [2.45, 2.75) is 19.9 Å². The number of nitrogens with zero attached hydrogens (tertiary/aromatic N) is 2. The van der Waals surface area contributed by atoms with E-state index in [4.69, 9.17) is 0 Å². The van der Waals surface area contributed by atoms with Gasteiger partial charge >= 0.3 is 0 Å². The van der Waals surface area contributed by atoms with Gasteiger partial charge in [0.05, 0.1) is 0 Å². The molecule has 5 heteroatoms. The number of aromatic nitrogens is 1. The number of carbonyl (C=O) groups excluding carboxylic acids is 1. The number of rotatable bonds is 4. The first-order valence-electron chi connectivity index (χ1n) is 6.45. The molecule has 18 heavy (non-hydrogen) atoms. The summed E-state index contributed by atoms with van der Waals surface area (Å²) in [6, 6.07) is 1.91. The Hall–Kier alpha value is -0.810. The molecule has 0 aromatic carbocycles. The van der Waals surface area contributed by atoms with Crippen molar-refractivity contribution in [1.29, 1.82) is 0 Å². The predicted octanol–water partition coefficient (Wildman–Crippen LogP) is 1.95. The van der Waals surface area contributed by atoms with Crippen LogP contribution in [0.5, 0.6) is 0 Å². The standard InChI is InChI=1S/C13H20BrN3O/c1-3-16-9-11(14)6-12(16)13(18)17-5-4-10(8-17)7-15-2/h6,9-10,15H,3-5,7-8H2,1-2H3. The van der Waals surface area contributed by atoms with Crippen molar-refractivity contribution in [1.82, 2.24) is 14.8 Å². The normalized spacial score (nSPS) is 19.5. The predicted molar refractivity (Wildman–Crippen MR) is 75.7 cm³/mol. The molecule has 1 aliphatic heterocycles. The maximum atomic E-state index is 12.5. The fourth-order valence-electron chi connectivity index (χ4n) is 2.55. The van der Waals surface area contributed by atoms with Gasteiger partial charge in [-0.15, -0.1) is 0 Å². The zero-order valence-corrected chi connectivity index (χ0v) is 12.5. The highest BCUT2D eigenvalue weighted by Crippen LogP contribution is 2.21. The van der Waals surface area contributed by atoms with E-state index in [0.717, 1.165) is 42.8 Å². The maximum Gasteiger partial charge on any atom is 0.270 e. The summed E-state index contributed by atoms with van der Waals surface area (Å²) in [5.41, 5.74) is 0.787. The van der Waals surface area contributed by atoms with Gasteiger partial charge in [0.1, 0.15) is 5.69 Å². The Morgan fingerprint density at radius 1 is 1.61 bits per heavy atom. The van der Waals surface area contributed by atoms with E-state index in [0.29, 0.717) is 5.92 Å². The Kier molecular flexibility index (Phi) is 4.45. The van der Waals surface area contributed by atoms with Crippen molar-refractivity contribution >= 4 is 21.8 Å². The summed E-state index contributed by atoms with van der Waals surface area (Å²) in [5.74, 6) is 0.744. The van der Waals surface area contributed by atoms with Crippen molar-refractivity contribution in [3.63, 3.8) is 0 Å². The number of nitrogens with one attached hydrogen (secondary N) is 1. The second-order valence-electron chi connectivity index (χ2n) is 4.79. The first-order valence-corrected chi connectivity index (χ1v) is 7.24. The molecule has 4 nitrogen and oxygen atoms in total. The minimum absolute atomic E-state index is 0.154. The summed E-state index contributed by atoms with van der Waals surface area (Å²) in [6.45, 7) is 5.60. The molecule has 0 radical (unpaired) electrons. The molecular formula is C13H20BrN3O. The Bertz CT molecular complexity index is 430. The van der Waals surface area contributed by atoms with Crippen LogP contribution < -0.4 is 5.32 Å². The second-order valence-corrected chi connectivity index (χ2v) is 5.71. The summed E-state index contributed by atoms with van der Waals surface area (Å²) in [6.07, 6.45) is 3.06. The van der Waals surface area contributed by atoms with E-state index in [1.165, 1.54) is 0 Å². The highest BCUT2D eigenvalue weighted by atomic mass is 79.9. The number of halogens is 1. The smallest absolute Gasteiger partial charge is 0.270 e. The van der Waals surface area contributed by atoms with Crippen molar-refractivity contribution in [2.24, 2.45) is 5.92 Å². The third kappa shape index (κ3) is 2.78. The SMILES string of the molecule is CCn1cc(Br)cc1C(=O)N1CCC(CNC)C1. The number of hydrogen-bond donors (Lipinski definition) is 1. The molecule has 1 aromatic heterocycles. The van der Waals surface area contributed by atoms with Gasteiger partial charge in [0.15, 0.2) is 0 Å². The molecule has 1 fully saturated rings. The van der Waals surface area contributed by atoms with Crippen molar-refractivity contribution in [3.05, 3.63) is 22.4 Å². The third-order valence-corrected chi connectivity index (χ3v) is 3.92. The molecule has 1 N–H and O–H groups in total. The molecule has 0 bridgehead atoms. The van der Waals surface area contributed by atoms with Crippen molar-refractivity contribution in [3.8, 4) is 0 Å². The molecule has 1 amide bonds. The lowest BCUT2D eigenvalue weighted by molar-refractivity contribution is 0.0776. The second kappa shape index (κ2) is 5.89. The molecule has 1 aromatic rings. The number of hydrogen-bond acceptors (Lipinski definition) is 2. The Labute approximate surface area is 116 Å². The molecule has 1 atom stereocenters. The van der Waals surface area contributed by atoms with Gasteiger partial charge < -0.3 is 14.8 Å². The van der Waals surface area contributed by atoms with E-state index in [1.54, 1.807) is 0 Å². The van der Waals surface area contributed by atoms with E-state index < -0.39 is 0 Å². The van der Waals surface area contributed by atoms with Crippen molar-refractivity contribution < 1.29 is 4.79 Å². The molecule has 1 unspecified atom stereocenters. The molecule has 1 aliphatic rings. The molecule has 0 aliphatic carbocycles. The molecule has 100 valence electrons. The van der Waals surface area contributed by atoms with E-state index in [1.807, 2.05) is 28.8 Å². The van der Waals surface area contributed by atoms with Crippen LogP contribution in [0.15, 0.2) is 16.7 Å². The average Bonchev–Trinajstić information content (AvgIpc) is 2.95. The zero-order chi connectivity index (χ0) is 13.1. The van der Waals surface area contributed by atoms with E-state index >= 15 is 0 Å². The van der Waals surface area contributed by atoms with Gasteiger partial charge in [-0.3, -0.25) is 4.79 Å². The lowest BCUT2D eigenvalue weighted by atomic mass is 10.1. The summed E-state index contributed by atoms with van der Waals surface area (Å²) in [4.78, 5) is 14.4. The van der Waals surface area contributed by atoms with Gasteiger partial charge in [0, 0.05) is 30.3 Å². The summed E-state index contributed by atoms with van der Waals surface area (Å²) in [7, 11) is 1.96. The molecule has 2 rings (SSSR count). The Balaban J connectivity index is 2.07. The largest absolute Gasteiger partial charge is 0.343 e. The van der Waals surface area contributed by atoms with Crippen LogP contribution in [0.2, 0.25) is 0 Å². The molecule has 2 heterocycles. The number of carbonyl (C=O) groups is 1. The van der Waals surface area contributed by atoms with Crippen molar-refractivity contribution in [2.75, 3.05) is 26.7 Å². The topological polar surface area (TPSA) is 37.3 Å². The zero-order valence-electron chi connectivity index (χ0n) is 10.9. The lowest BCUT2D eigenvalue weighted by Crippen LogP contribution is -2.31. The van der Waals surface area contributed by atoms with Crippen LogP contribution in [-0.2, 0) is 6.54 Å². The maximum absolute atomic E-state index is 12.5. The molecule has 0 saturated carbocycles. The number of aryl methyl sites for hydroxylation is 1.